The van der Waals surface area contributed by atoms with Crippen LogP contribution in [0.3, 0.4) is 0 Å². The van der Waals surface area contributed by atoms with E-state index in [1.807, 2.05) is 427 Å². The van der Waals surface area contributed by atoms with Crippen LogP contribution >= 0.6 is 47.2 Å². The van der Waals surface area contributed by atoms with Gasteiger partial charge in [-0.2, -0.15) is 23.5 Å². The van der Waals surface area contributed by atoms with Gasteiger partial charge in [0.25, 0.3) is 0 Å². The average Bonchev–Trinajstić information content (AvgIpc) is 2.06. The van der Waals surface area contributed by atoms with Gasteiger partial charge in [0.2, 0.25) is 0 Å². The molecule has 0 aromatic carbocycles. The third-order valence-corrected chi connectivity index (χ3v) is 15.2. The Balaban J connectivity index is -0.0000000322. The molecule has 0 bridgehead atoms. The first-order valence-electron chi connectivity index (χ1n) is 60.7. The van der Waals surface area contributed by atoms with Crippen LogP contribution in [0.15, 0.2) is 19.5 Å². The normalized spacial score (nSPS) is 14.5. The number of morpholine rings is 1. The summed E-state index contributed by atoms with van der Waals surface area (Å²) in [5.41, 5.74) is 1.90. The zero-order chi connectivity index (χ0) is 117. The van der Waals surface area contributed by atoms with Gasteiger partial charge in [-0.05, 0) is 157 Å². The van der Waals surface area contributed by atoms with E-state index in [1.54, 1.807) is 29.9 Å². The van der Waals surface area contributed by atoms with Crippen LogP contribution in [0, 0.1) is 0 Å². The Labute approximate surface area is 920 Å². The molecule has 0 radical (unpaired) electrons. The molecule has 15 aliphatic heterocycles. The molecule has 0 aromatic heterocycles. The summed E-state index contributed by atoms with van der Waals surface area (Å²) in [7, 11) is 0. The van der Waals surface area contributed by atoms with Gasteiger partial charge in [-0.15, -0.1) is 11.8 Å². The number of rotatable bonds is 0. The molecule has 0 amide bonds. The third-order valence-electron chi connectivity index (χ3n) is 11.4. The van der Waals surface area contributed by atoms with E-state index in [4.69, 9.17) is 47.4 Å². The average molecular weight is 2130 g/mol. The van der Waals surface area contributed by atoms with E-state index in [0.717, 1.165) is 165 Å². The van der Waals surface area contributed by atoms with Crippen LogP contribution in [-0.2, 0) is 56.9 Å². The maximum absolute atomic E-state index is 5.07. The van der Waals surface area contributed by atoms with Gasteiger partial charge in [0.05, 0.1) is 91.5 Å². The van der Waals surface area contributed by atoms with Crippen molar-refractivity contribution < 1.29 is 56.9 Å². The summed E-state index contributed by atoms with van der Waals surface area (Å²) in [4.78, 5) is 12.2. The second-order valence-electron chi connectivity index (χ2n) is 18.7. The summed E-state index contributed by atoms with van der Waals surface area (Å²) in [6, 6.07) is 0. The Kier molecular flexibility index (Phi) is 656. The summed E-state index contributed by atoms with van der Waals surface area (Å²) in [5.74, 6) is 8.06. The molecule has 0 aromatic rings. The molecule has 15 heterocycles. The molecule has 0 atom stereocenters. The van der Waals surface area contributed by atoms with Gasteiger partial charge in [0, 0.05) is 83.0 Å². The SMILES string of the molecule is C1=NCCO1.C1=NCCS1.C1=NOCC1.C1=NSCC1.C1CCNC1.C1CCNCC1.C1CCOC1.C1CCOCC1.C1CCSC1.C1CCSCC1.C1COCCN1.C1COCCO1.C1COCN1.C1COCO1.C1COCOC1.CC.CC.CC.CC.CC.CC.CC.CC.CC.CC.CC.CC.CC.CC.CC.CC.CC.CC.CC.CC.CC.CC.CC.CC.CC.CC.CC.CC.CC.CC. The number of nitrogens with one attached hydrogen (secondary N) is 4. The predicted octanol–water partition coefficient (Wildman–Crippen LogP) is 39.2. The minimum Gasteiger partial charge on any atom is -0.482 e. The van der Waals surface area contributed by atoms with E-state index in [-0.39, 0.29) is 0 Å². The summed E-state index contributed by atoms with van der Waals surface area (Å²) in [6.07, 6.45) is 29.2. The van der Waals surface area contributed by atoms with Crippen molar-refractivity contribution in [2.45, 2.75) is 531 Å². The minimum absolute atomic E-state index is 0.500. The Morgan fingerprint density at radius 1 is 0.206 bits per heavy atom. The van der Waals surface area contributed by atoms with Crippen LogP contribution in [0.5, 0.6) is 0 Å². The molecular weight excluding hydrogens is 1840 g/mol. The molecule has 15 aliphatic rings. The number of hydrogen-bond donors (Lipinski definition) is 4. The lowest BCUT2D eigenvalue weighted by atomic mass is 10.2. The fourth-order valence-electron chi connectivity index (χ4n) is 6.93. The van der Waals surface area contributed by atoms with E-state index < -0.39 is 0 Å². The molecule has 0 spiro atoms. The fourth-order valence-corrected chi connectivity index (χ4v) is 10.0. The Bertz CT molecular complexity index is 938. The lowest BCUT2D eigenvalue weighted by Crippen LogP contribution is -2.30. The largest absolute Gasteiger partial charge is 0.482 e. The lowest BCUT2D eigenvalue weighted by Gasteiger charge is -2.10. The number of aliphatic imine (C=N–C) groups is 2. The first-order chi connectivity index (χ1) is 70.5. The quantitative estimate of drug-likeness (QED) is 0.166. The number of piperidine rings is 1. The second-order valence-corrected chi connectivity index (χ2v) is 23.0. The zero-order valence-corrected chi connectivity index (χ0v) is 113. The lowest BCUT2D eigenvalue weighted by molar-refractivity contribution is -0.0963. The van der Waals surface area contributed by atoms with Crippen molar-refractivity contribution in [1.29, 1.82) is 0 Å². The highest BCUT2D eigenvalue weighted by Crippen LogP contribution is 2.16. The van der Waals surface area contributed by atoms with Crippen molar-refractivity contribution in [1.82, 2.24) is 21.3 Å². The molecule has 0 saturated carbocycles. The van der Waals surface area contributed by atoms with E-state index in [9.17, 15) is 0 Å². The highest BCUT2D eigenvalue weighted by molar-refractivity contribution is 8.12. The molecule has 11 fully saturated rings. The van der Waals surface area contributed by atoms with E-state index >= 15 is 0 Å². The third kappa shape index (κ3) is 407. The minimum atomic E-state index is 0.500. The number of ether oxygens (including phenoxy) is 11. The maximum Gasteiger partial charge on any atom is 0.169 e. The molecular formula is C117H294N8O12S4. The van der Waals surface area contributed by atoms with Crippen molar-refractivity contribution in [3.63, 3.8) is 0 Å². The van der Waals surface area contributed by atoms with Gasteiger partial charge < -0.3 is 72.9 Å². The summed E-state index contributed by atoms with van der Waals surface area (Å²) in [5, 5.41) is 16.1. The van der Waals surface area contributed by atoms with Crippen molar-refractivity contribution in [3.05, 3.63) is 0 Å². The molecule has 24 heteroatoms. The topological polar surface area (TPSA) is 208 Å². The number of hydrogen-bond acceptors (Lipinski definition) is 24. The standard InChI is InChI=1S/C5H11N.C5H10O.C5H10S.C4H9NO.C4H9N.2C4H8O2.C4H8O.C4H8S.C3H7NO.2C3H5NO.2C3H5NS.C3H6O2.30C2H6/c3*1-2-4-6-5-3-1;1-3-6-4-2-5-1;1-2-4-5-3-1;1-2-6-4-3-5-1;1-2-5-4-6-3-1;2*1-2-4-5-3-1;2*1-2-5-3-4-1;1-2-4-5-3-1;1-2-5-3-4-1;1-2-4-5-3-1;1-2-5-3-4-1;30*1-2/h6H,1-5H2;2*1-5H2;5H,1-4H2;5H,1-4H2;2*1-4H2;2*1-4H2;4H,1-3H2;3H,1-2H2;2H,1,3H2;3H,1-2H2;2H,1,3H2;1-3H2;30*1-2H3. The number of oxime groups is 1. The van der Waals surface area contributed by atoms with Crippen LogP contribution in [0.1, 0.15) is 531 Å². The Morgan fingerprint density at radius 2 is 0.482 bits per heavy atom. The Morgan fingerprint density at radius 3 is 0.589 bits per heavy atom. The zero-order valence-electron chi connectivity index (χ0n) is 110. The van der Waals surface area contributed by atoms with E-state index in [0.29, 0.717) is 13.6 Å². The van der Waals surface area contributed by atoms with Crippen LogP contribution in [0.4, 0.5) is 0 Å². The summed E-state index contributed by atoms with van der Waals surface area (Å²) >= 11 is 7.59. The number of thioether (sulfide) groups is 3. The van der Waals surface area contributed by atoms with Gasteiger partial charge in [-0.25, -0.2) is 4.40 Å². The number of nitrogens with zero attached hydrogens (tertiary/aromatic N) is 4. The van der Waals surface area contributed by atoms with Crippen LogP contribution < -0.4 is 21.3 Å². The first kappa shape index (κ1) is 224. The highest BCUT2D eigenvalue weighted by Gasteiger charge is 2.01. The van der Waals surface area contributed by atoms with Crippen LogP contribution in [-0.4, -0.2) is 250 Å². The molecule has 898 valence electrons. The van der Waals surface area contributed by atoms with Crippen molar-refractivity contribution in [2.75, 3.05) is 226 Å². The monoisotopic (exact) mass is 2130 g/mol. The molecule has 4 N–H and O–H groups in total. The fraction of sp³-hybridized carbons (Fsp3) is 0.966. The molecule has 0 aliphatic carbocycles. The summed E-state index contributed by atoms with van der Waals surface area (Å²) < 4.78 is 57.4. The molecule has 11 saturated heterocycles. The van der Waals surface area contributed by atoms with Gasteiger partial charge >= 0.3 is 0 Å². The highest BCUT2D eigenvalue weighted by atomic mass is 32.2. The van der Waals surface area contributed by atoms with Crippen molar-refractivity contribution in [2.24, 2.45) is 19.5 Å². The maximum atomic E-state index is 5.07. The molecule has 15 rings (SSSR count). The van der Waals surface area contributed by atoms with E-state index in [2.05, 4.69) is 73.9 Å². The second kappa shape index (κ2) is 413. The molecule has 141 heavy (non-hydrogen) atoms. The van der Waals surface area contributed by atoms with Gasteiger partial charge in [-0.3, -0.25) is 15.3 Å². The smallest absolute Gasteiger partial charge is 0.169 e. The first-order valence-corrected chi connectivity index (χ1v) is 65.0. The van der Waals surface area contributed by atoms with Crippen molar-refractivity contribution in [3.8, 4) is 0 Å². The van der Waals surface area contributed by atoms with Crippen LogP contribution in [0.2, 0.25) is 0 Å². The molecule has 0 unspecified atom stereocenters. The van der Waals surface area contributed by atoms with Gasteiger partial charge in [0.15, 0.2) is 6.40 Å². The van der Waals surface area contributed by atoms with E-state index in [1.165, 1.54) is 170 Å². The Hall–Kier alpha value is -0.880. The van der Waals surface area contributed by atoms with Crippen molar-refractivity contribution >= 4 is 71.6 Å². The van der Waals surface area contributed by atoms with Gasteiger partial charge in [-0.1, -0.05) is 433 Å². The predicted molar refractivity (Wildman–Crippen MR) is 684 cm³/mol. The van der Waals surface area contributed by atoms with Gasteiger partial charge in [0.1, 0.15) is 26.8 Å². The van der Waals surface area contributed by atoms with Crippen LogP contribution in [0.25, 0.3) is 0 Å². The summed E-state index contributed by atoms with van der Waals surface area (Å²) in [6.45, 7) is 146. The molecule has 20 nitrogen and oxygen atoms in total.